The smallest absolute Gasteiger partial charge is 0.122 e. The van der Waals surface area contributed by atoms with E-state index in [0.717, 1.165) is 18.3 Å². The van der Waals surface area contributed by atoms with Crippen molar-refractivity contribution in [1.82, 2.24) is 0 Å². The van der Waals surface area contributed by atoms with Crippen LogP contribution in [-0.2, 0) is 20.9 Å². The zero-order chi connectivity index (χ0) is 15.2. The van der Waals surface area contributed by atoms with Gasteiger partial charge in [-0.25, -0.2) is 0 Å². The molecule has 0 spiro atoms. The van der Waals surface area contributed by atoms with Crippen molar-refractivity contribution in [3.8, 4) is 0 Å². The van der Waals surface area contributed by atoms with Crippen molar-refractivity contribution in [2.45, 2.75) is 58.5 Å². The van der Waals surface area contributed by atoms with Gasteiger partial charge in [0.05, 0.1) is 24.9 Å². The molecule has 1 aromatic carbocycles. The second-order valence-electron chi connectivity index (χ2n) is 6.00. The summed E-state index contributed by atoms with van der Waals surface area (Å²) in [6.07, 6.45) is 2.41. The third-order valence-electron chi connectivity index (χ3n) is 4.67. The molecule has 0 aliphatic carbocycles. The number of ether oxygens (including phenoxy) is 2. The molecule has 0 amide bonds. The lowest BCUT2D eigenvalue weighted by atomic mass is 9.80. The van der Waals surface area contributed by atoms with E-state index in [9.17, 15) is 4.79 Å². The maximum Gasteiger partial charge on any atom is 0.122 e. The SMILES string of the molecule is CC[C@H]1O[C@H](CC=O)[C@H](OCc2ccccc2)[C@@H](C)[C@@H]1C. The average molecular weight is 290 g/mol. The van der Waals surface area contributed by atoms with E-state index in [-0.39, 0.29) is 18.3 Å². The Labute approximate surface area is 127 Å². The standard InChI is InChI=1S/C18H26O3/c1-4-16-13(2)14(3)18(17(21-16)10-11-19)20-12-15-8-6-5-7-9-15/h5-9,11,13-14,16-18H,4,10,12H2,1-3H3/t13-,14-,16+,17+,18+/m0/s1. The lowest BCUT2D eigenvalue weighted by molar-refractivity contribution is -0.191. The van der Waals surface area contributed by atoms with Crippen molar-refractivity contribution in [1.29, 1.82) is 0 Å². The summed E-state index contributed by atoms with van der Waals surface area (Å²) in [5.41, 5.74) is 1.15. The van der Waals surface area contributed by atoms with Gasteiger partial charge in [0.15, 0.2) is 0 Å². The Balaban J connectivity index is 2.04. The minimum Gasteiger partial charge on any atom is -0.372 e. The molecule has 1 aliphatic rings. The summed E-state index contributed by atoms with van der Waals surface area (Å²) in [5.74, 6) is 0.830. The van der Waals surface area contributed by atoms with Crippen LogP contribution in [0.25, 0.3) is 0 Å². The lowest BCUT2D eigenvalue weighted by Crippen LogP contribution is -2.50. The van der Waals surface area contributed by atoms with E-state index in [4.69, 9.17) is 9.47 Å². The minimum atomic E-state index is -0.123. The van der Waals surface area contributed by atoms with E-state index in [1.165, 1.54) is 0 Å². The van der Waals surface area contributed by atoms with Gasteiger partial charge in [0.1, 0.15) is 6.29 Å². The summed E-state index contributed by atoms with van der Waals surface area (Å²) in [4.78, 5) is 10.9. The molecular weight excluding hydrogens is 264 g/mol. The highest BCUT2D eigenvalue weighted by molar-refractivity contribution is 5.50. The fraction of sp³-hybridized carbons (Fsp3) is 0.611. The molecule has 1 aromatic rings. The topological polar surface area (TPSA) is 35.5 Å². The van der Waals surface area contributed by atoms with Gasteiger partial charge in [0, 0.05) is 6.42 Å². The minimum absolute atomic E-state index is 0.0202. The fourth-order valence-electron chi connectivity index (χ4n) is 3.18. The Hall–Kier alpha value is -1.19. The third-order valence-corrected chi connectivity index (χ3v) is 4.67. The number of carbonyl (C=O) groups is 1. The Morgan fingerprint density at radius 2 is 1.86 bits per heavy atom. The van der Waals surface area contributed by atoms with Crippen LogP contribution in [0.1, 0.15) is 39.2 Å². The first-order valence-electron chi connectivity index (χ1n) is 7.92. The highest BCUT2D eigenvalue weighted by Gasteiger charge is 2.41. The third kappa shape index (κ3) is 3.92. The van der Waals surface area contributed by atoms with Gasteiger partial charge in [-0.15, -0.1) is 0 Å². The maximum atomic E-state index is 10.9. The number of hydrogen-bond donors (Lipinski definition) is 0. The highest BCUT2D eigenvalue weighted by Crippen LogP contribution is 2.35. The molecule has 2 rings (SSSR count). The van der Waals surface area contributed by atoms with Gasteiger partial charge in [-0.05, 0) is 23.8 Å². The van der Waals surface area contributed by atoms with E-state index in [2.05, 4.69) is 32.9 Å². The maximum absolute atomic E-state index is 10.9. The monoisotopic (exact) mass is 290 g/mol. The van der Waals surface area contributed by atoms with Crippen LogP contribution in [-0.4, -0.2) is 24.6 Å². The Bertz CT molecular complexity index is 431. The van der Waals surface area contributed by atoms with E-state index < -0.39 is 0 Å². The first-order valence-corrected chi connectivity index (χ1v) is 7.92. The average Bonchev–Trinajstić information content (AvgIpc) is 2.51. The second-order valence-corrected chi connectivity index (χ2v) is 6.00. The van der Waals surface area contributed by atoms with Crippen LogP contribution in [0.4, 0.5) is 0 Å². The van der Waals surface area contributed by atoms with Crippen LogP contribution >= 0.6 is 0 Å². The normalized spacial score (nSPS) is 32.8. The zero-order valence-corrected chi connectivity index (χ0v) is 13.2. The van der Waals surface area contributed by atoms with Crippen LogP contribution in [0.3, 0.4) is 0 Å². The molecule has 0 N–H and O–H groups in total. The Kier molecular flexibility index (Phi) is 5.95. The second kappa shape index (κ2) is 7.71. The molecule has 0 saturated carbocycles. The summed E-state index contributed by atoms with van der Waals surface area (Å²) in [6, 6.07) is 10.1. The predicted octanol–water partition coefficient (Wildman–Crippen LogP) is 3.61. The van der Waals surface area contributed by atoms with Crippen LogP contribution in [0.15, 0.2) is 30.3 Å². The summed E-state index contributed by atoms with van der Waals surface area (Å²) >= 11 is 0. The van der Waals surface area contributed by atoms with Gasteiger partial charge < -0.3 is 14.3 Å². The molecule has 1 aliphatic heterocycles. The number of benzene rings is 1. The highest BCUT2D eigenvalue weighted by atomic mass is 16.6. The van der Waals surface area contributed by atoms with Crippen molar-refractivity contribution in [3.05, 3.63) is 35.9 Å². The van der Waals surface area contributed by atoms with Gasteiger partial charge in [-0.1, -0.05) is 51.1 Å². The van der Waals surface area contributed by atoms with E-state index >= 15 is 0 Å². The molecule has 0 bridgehead atoms. The molecule has 1 fully saturated rings. The Morgan fingerprint density at radius 3 is 2.48 bits per heavy atom. The fourth-order valence-corrected chi connectivity index (χ4v) is 3.18. The van der Waals surface area contributed by atoms with Crippen LogP contribution in [0, 0.1) is 11.8 Å². The molecule has 5 atom stereocenters. The van der Waals surface area contributed by atoms with Crippen LogP contribution < -0.4 is 0 Å². The van der Waals surface area contributed by atoms with Crippen molar-refractivity contribution in [3.63, 3.8) is 0 Å². The zero-order valence-electron chi connectivity index (χ0n) is 13.2. The summed E-state index contributed by atoms with van der Waals surface area (Å²) < 4.78 is 12.2. The number of hydrogen-bond acceptors (Lipinski definition) is 3. The molecule has 1 heterocycles. The van der Waals surface area contributed by atoms with Crippen molar-refractivity contribution in [2.75, 3.05) is 0 Å². The first-order chi connectivity index (χ1) is 10.2. The van der Waals surface area contributed by atoms with Gasteiger partial charge in [0.2, 0.25) is 0 Å². The molecule has 1 saturated heterocycles. The largest absolute Gasteiger partial charge is 0.372 e. The van der Waals surface area contributed by atoms with Crippen molar-refractivity contribution < 1.29 is 14.3 Å². The molecule has 0 unspecified atom stereocenters. The number of rotatable bonds is 6. The lowest BCUT2D eigenvalue weighted by Gasteiger charge is -2.44. The summed E-state index contributed by atoms with van der Waals surface area (Å²) in [6.45, 7) is 7.13. The van der Waals surface area contributed by atoms with E-state index in [1.807, 2.05) is 18.2 Å². The van der Waals surface area contributed by atoms with Gasteiger partial charge in [0.25, 0.3) is 0 Å². The molecule has 0 radical (unpaired) electrons. The van der Waals surface area contributed by atoms with Gasteiger partial charge in [-0.2, -0.15) is 0 Å². The number of aldehydes is 1. The van der Waals surface area contributed by atoms with E-state index in [1.54, 1.807) is 0 Å². The van der Waals surface area contributed by atoms with Crippen molar-refractivity contribution >= 4 is 6.29 Å². The van der Waals surface area contributed by atoms with E-state index in [0.29, 0.717) is 24.9 Å². The number of carbonyl (C=O) groups excluding carboxylic acids is 1. The predicted molar refractivity (Wildman–Crippen MR) is 83.0 cm³/mol. The molecule has 116 valence electrons. The van der Waals surface area contributed by atoms with Gasteiger partial charge in [-0.3, -0.25) is 0 Å². The van der Waals surface area contributed by atoms with Crippen LogP contribution in [0.5, 0.6) is 0 Å². The molecule has 3 heteroatoms. The summed E-state index contributed by atoms with van der Waals surface area (Å²) in [7, 11) is 0. The molecular formula is C18H26O3. The van der Waals surface area contributed by atoms with Gasteiger partial charge >= 0.3 is 0 Å². The Morgan fingerprint density at radius 1 is 1.14 bits per heavy atom. The van der Waals surface area contributed by atoms with Crippen molar-refractivity contribution in [2.24, 2.45) is 11.8 Å². The molecule has 21 heavy (non-hydrogen) atoms. The summed E-state index contributed by atoms with van der Waals surface area (Å²) in [5, 5.41) is 0. The quantitative estimate of drug-likeness (QED) is 0.751. The van der Waals surface area contributed by atoms with Crippen LogP contribution in [0.2, 0.25) is 0 Å². The molecule has 3 nitrogen and oxygen atoms in total. The first kappa shape index (κ1) is 16.2. The molecule has 0 aromatic heterocycles.